The first-order valence-corrected chi connectivity index (χ1v) is 10.8. The Morgan fingerprint density at radius 3 is 2.50 bits per heavy atom. The Labute approximate surface area is 177 Å². The van der Waals surface area contributed by atoms with Crippen molar-refractivity contribution in [2.24, 2.45) is 10.9 Å². The first-order chi connectivity index (χ1) is 14.8. The number of carbonyl (C=O) groups excluding carboxylic acids is 1. The predicted molar refractivity (Wildman–Crippen MR) is 120 cm³/mol. The van der Waals surface area contributed by atoms with Crippen LogP contribution in [0.1, 0.15) is 34.3 Å². The zero-order valence-electron chi connectivity index (χ0n) is 17.1. The minimum absolute atomic E-state index is 0.159. The molecule has 0 saturated carbocycles. The van der Waals surface area contributed by atoms with Crippen LogP contribution in [-0.4, -0.2) is 42.9 Å². The number of amides is 1. The summed E-state index contributed by atoms with van der Waals surface area (Å²) in [4.78, 5) is 19.5. The Bertz CT molecular complexity index is 1070. The summed E-state index contributed by atoms with van der Waals surface area (Å²) in [5, 5.41) is 2.17. The van der Waals surface area contributed by atoms with Crippen molar-refractivity contribution in [2.75, 3.05) is 26.2 Å². The Balaban J connectivity index is 1.20. The number of fused-ring (bicyclic) bond motifs is 1. The van der Waals surface area contributed by atoms with Gasteiger partial charge in [0, 0.05) is 24.2 Å². The summed E-state index contributed by atoms with van der Waals surface area (Å²) in [5.41, 5.74) is 3.22. The molecule has 4 heteroatoms. The van der Waals surface area contributed by atoms with Crippen molar-refractivity contribution in [1.82, 2.24) is 4.90 Å². The predicted octanol–water partition coefficient (Wildman–Crippen LogP) is 4.71. The lowest BCUT2D eigenvalue weighted by molar-refractivity contribution is 0.0692. The van der Waals surface area contributed by atoms with Gasteiger partial charge in [0.15, 0.2) is 0 Å². The average Bonchev–Trinajstić information content (AvgIpc) is 3.34. The Hall–Kier alpha value is -3.14. The first-order valence-electron chi connectivity index (χ1n) is 10.8. The SMILES string of the molecule is O=C(c1cccc2ccccc12)N1CCC(Cc2ccc(C3=NCCO3)cc2)CC1. The van der Waals surface area contributed by atoms with E-state index in [4.69, 9.17) is 4.74 Å². The van der Waals surface area contributed by atoms with Crippen molar-refractivity contribution in [3.8, 4) is 0 Å². The first kappa shape index (κ1) is 18.9. The second-order valence-corrected chi connectivity index (χ2v) is 8.20. The molecule has 4 nitrogen and oxygen atoms in total. The van der Waals surface area contributed by atoms with Crippen LogP contribution in [0.3, 0.4) is 0 Å². The van der Waals surface area contributed by atoms with Crippen LogP contribution in [0.15, 0.2) is 71.7 Å². The van der Waals surface area contributed by atoms with E-state index in [-0.39, 0.29) is 5.91 Å². The van der Waals surface area contributed by atoms with Gasteiger partial charge in [-0.25, -0.2) is 4.99 Å². The molecule has 5 rings (SSSR count). The molecule has 0 N–H and O–H groups in total. The number of hydrogen-bond acceptors (Lipinski definition) is 3. The van der Waals surface area contributed by atoms with Crippen LogP contribution in [0.25, 0.3) is 10.8 Å². The molecule has 0 radical (unpaired) electrons. The third kappa shape index (κ3) is 3.82. The van der Waals surface area contributed by atoms with E-state index in [0.717, 1.165) is 66.7 Å². The third-order valence-corrected chi connectivity index (χ3v) is 6.23. The van der Waals surface area contributed by atoms with Crippen LogP contribution in [0.2, 0.25) is 0 Å². The molecule has 0 spiro atoms. The maximum atomic E-state index is 13.1. The normalized spacial score (nSPS) is 17.1. The number of hydrogen-bond donors (Lipinski definition) is 0. The molecular weight excluding hydrogens is 372 g/mol. The summed E-state index contributed by atoms with van der Waals surface area (Å²) < 4.78 is 5.54. The zero-order valence-corrected chi connectivity index (χ0v) is 17.1. The third-order valence-electron chi connectivity index (χ3n) is 6.23. The number of piperidine rings is 1. The zero-order chi connectivity index (χ0) is 20.3. The highest BCUT2D eigenvalue weighted by Gasteiger charge is 2.24. The number of ether oxygens (including phenoxy) is 1. The number of benzene rings is 3. The number of carbonyl (C=O) groups is 1. The van der Waals surface area contributed by atoms with E-state index in [1.54, 1.807) is 0 Å². The van der Waals surface area contributed by atoms with Gasteiger partial charge in [0.1, 0.15) is 6.61 Å². The molecule has 1 fully saturated rings. The number of likely N-dealkylation sites (tertiary alicyclic amines) is 1. The quantitative estimate of drug-likeness (QED) is 0.639. The summed E-state index contributed by atoms with van der Waals surface area (Å²) in [6, 6.07) is 22.7. The fourth-order valence-electron chi connectivity index (χ4n) is 4.55. The highest BCUT2D eigenvalue weighted by Crippen LogP contribution is 2.25. The molecule has 1 saturated heterocycles. The molecule has 2 aliphatic heterocycles. The molecule has 0 aromatic heterocycles. The minimum Gasteiger partial charge on any atom is -0.476 e. The standard InChI is InChI=1S/C26H26N2O2/c29-26(24-7-3-5-21-4-1-2-6-23(21)24)28-15-12-20(13-16-28)18-19-8-10-22(11-9-19)25-27-14-17-30-25/h1-11,20H,12-18H2. The van der Waals surface area contributed by atoms with Crippen molar-refractivity contribution in [3.63, 3.8) is 0 Å². The van der Waals surface area contributed by atoms with Gasteiger partial charge >= 0.3 is 0 Å². The highest BCUT2D eigenvalue weighted by molar-refractivity contribution is 6.07. The molecule has 0 aliphatic carbocycles. The fraction of sp³-hybridized carbons (Fsp3) is 0.308. The molecule has 2 heterocycles. The second-order valence-electron chi connectivity index (χ2n) is 8.20. The van der Waals surface area contributed by atoms with Gasteiger partial charge in [-0.15, -0.1) is 0 Å². The number of aliphatic imine (C=N–C) groups is 1. The van der Waals surface area contributed by atoms with Crippen molar-refractivity contribution < 1.29 is 9.53 Å². The van der Waals surface area contributed by atoms with E-state index >= 15 is 0 Å². The van der Waals surface area contributed by atoms with E-state index in [9.17, 15) is 4.79 Å². The van der Waals surface area contributed by atoms with Gasteiger partial charge in [0.2, 0.25) is 5.90 Å². The molecule has 0 unspecified atom stereocenters. The van der Waals surface area contributed by atoms with Crippen LogP contribution in [-0.2, 0) is 11.2 Å². The molecule has 152 valence electrons. The summed E-state index contributed by atoms with van der Waals surface area (Å²) in [6.45, 7) is 3.10. The monoisotopic (exact) mass is 398 g/mol. The molecule has 2 aliphatic rings. The lowest BCUT2D eigenvalue weighted by Gasteiger charge is -2.32. The summed E-state index contributed by atoms with van der Waals surface area (Å²) in [5.74, 6) is 1.54. The molecular formula is C26H26N2O2. The highest BCUT2D eigenvalue weighted by atomic mass is 16.5. The van der Waals surface area contributed by atoms with Crippen molar-refractivity contribution >= 4 is 22.6 Å². The van der Waals surface area contributed by atoms with Gasteiger partial charge in [0.25, 0.3) is 5.91 Å². The lowest BCUT2D eigenvalue weighted by Crippen LogP contribution is -2.39. The average molecular weight is 399 g/mol. The molecule has 0 bridgehead atoms. The van der Waals surface area contributed by atoms with E-state index in [1.807, 2.05) is 35.2 Å². The fourth-order valence-corrected chi connectivity index (χ4v) is 4.55. The number of nitrogens with zero attached hydrogens (tertiary/aromatic N) is 2. The Morgan fingerprint density at radius 1 is 0.967 bits per heavy atom. The maximum Gasteiger partial charge on any atom is 0.254 e. The summed E-state index contributed by atoms with van der Waals surface area (Å²) in [6.07, 6.45) is 3.16. The van der Waals surface area contributed by atoms with Crippen LogP contribution in [0, 0.1) is 5.92 Å². The van der Waals surface area contributed by atoms with E-state index < -0.39 is 0 Å². The van der Waals surface area contributed by atoms with Gasteiger partial charge in [-0.05, 0) is 59.7 Å². The Morgan fingerprint density at radius 2 is 1.73 bits per heavy atom. The summed E-state index contributed by atoms with van der Waals surface area (Å²) >= 11 is 0. The molecule has 30 heavy (non-hydrogen) atoms. The Kier molecular flexibility index (Phi) is 5.22. The lowest BCUT2D eigenvalue weighted by atomic mass is 9.89. The minimum atomic E-state index is 0.159. The molecule has 0 atom stereocenters. The van der Waals surface area contributed by atoms with Crippen LogP contribution in [0.5, 0.6) is 0 Å². The van der Waals surface area contributed by atoms with E-state index in [0.29, 0.717) is 12.5 Å². The molecule has 3 aromatic rings. The molecule has 1 amide bonds. The van der Waals surface area contributed by atoms with Gasteiger partial charge in [-0.2, -0.15) is 0 Å². The van der Waals surface area contributed by atoms with Gasteiger partial charge in [-0.3, -0.25) is 4.79 Å². The van der Waals surface area contributed by atoms with Gasteiger partial charge in [-0.1, -0.05) is 48.5 Å². The largest absolute Gasteiger partial charge is 0.476 e. The van der Waals surface area contributed by atoms with E-state index in [2.05, 4.69) is 41.4 Å². The van der Waals surface area contributed by atoms with Crippen LogP contribution < -0.4 is 0 Å². The smallest absolute Gasteiger partial charge is 0.254 e. The van der Waals surface area contributed by atoms with Crippen molar-refractivity contribution in [2.45, 2.75) is 19.3 Å². The van der Waals surface area contributed by atoms with Crippen LogP contribution >= 0.6 is 0 Å². The van der Waals surface area contributed by atoms with Gasteiger partial charge < -0.3 is 9.64 Å². The summed E-state index contributed by atoms with van der Waals surface area (Å²) in [7, 11) is 0. The van der Waals surface area contributed by atoms with E-state index in [1.165, 1.54) is 5.56 Å². The van der Waals surface area contributed by atoms with Crippen molar-refractivity contribution in [3.05, 3.63) is 83.4 Å². The van der Waals surface area contributed by atoms with Gasteiger partial charge in [0.05, 0.1) is 6.54 Å². The topological polar surface area (TPSA) is 41.9 Å². The van der Waals surface area contributed by atoms with Crippen molar-refractivity contribution in [1.29, 1.82) is 0 Å². The molecule has 3 aromatic carbocycles. The maximum absolute atomic E-state index is 13.1. The van der Waals surface area contributed by atoms with Crippen LogP contribution in [0.4, 0.5) is 0 Å². The number of rotatable bonds is 4. The second kappa shape index (κ2) is 8.31.